The van der Waals surface area contributed by atoms with Crippen molar-refractivity contribution >= 4 is 33.4 Å². The van der Waals surface area contributed by atoms with E-state index in [4.69, 9.17) is 0 Å². The molecule has 2 fully saturated rings. The van der Waals surface area contributed by atoms with Crippen molar-refractivity contribution in [1.29, 1.82) is 0 Å². The summed E-state index contributed by atoms with van der Waals surface area (Å²) < 4.78 is 69.3. The smallest absolute Gasteiger partial charge is 0.255 e. The number of carbonyl (C=O) groups excluding carboxylic acids is 3. The number of nitrogens with zero attached hydrogens (tertiary/aromatic N) is 3. The molecule has 0 spiro atoms. The maximum Gasteiger partial charge on any atom is 0.255 e. The van der Waals surface area contributed by atoms with Crippen molar-refractivity contribution in [2.24, 2.45) is 0 Å². The lowest BCUT2D eigenvalue weighted by Gasteiger charge is -2.35. The summed E-state index contributed by atoms with van der Waals surface area (Å²) in [6.45, 7) is 0.0561. The predicted molar refractivity (Wildman–Crippen MR) is 120 cm³/mol. The molecule has 3 aliphatic heterocycles. The second-order valence-electron chi connectivity index (χ2n) is 8.83. The molecule has 0 saturated carbocycles. The zero-order valence-electron chi connectivity index (χ0n) is 18.8. The van der Waals surface area contributed by atoms with Gasteiger partial charge < -0.3 is 9.80 Å². The number of sulfonamides is 1. The maximum atomic E-state index is 15.0. The topological polar surface area (TPSA) is 107 Å². The first kappa shape index (κ1) is 24.3. The van der Waals surface area contributed by atoms with Gasteiger partial charge in [-0.05, 0) is 42.3 Å². The Morgan fingerprint density at radius 2 is 1.64 bits per heavy atom. The minimum absolute atomic E-state index is 0.0704. The number of piperidine rings is 1. The number of piperazine rings is 1. The second kappa shape index (κ2) is 8.89. The van der Waals surface area contributed by atoms with Crippen molar-refractivity contribution in [3.8, 4) is 0 Å². The molecule has 2 aromatic carbocycles. The summed E-state index contributed by atoms with van der Waals surface area (Å²) >= 11 is 0. The molecular weight excluding hydrogens is 501 g/mol. The van der Waals surface area contributed by atoms with Crippen LogP contribution >= 0.6 is 0 Å². The Morgan fingerprint density at radius 1 is 0.917 bits per heavy atom. The number of benzene rings is 2. The van der Waals surface area contributed by atoms with Crippen LogP contribution in [-0.4, -0.2) is 67.6 Å². The van der Waals surface area contributed by atoms with E-state index in [1.165, 1.54) is 11.0 Å². The lowest BCUT2D eigenvalue weighted by atomic mass is 10.0. The van der Waals surface area contributed by atoms with Crippen molar-refractivity contribution in [2.75, 3.05) is 31.1 Å². The highest BCUT2D eigenvalue weighted by atomic mass is 32.2. The lowest BCUT2D eigenvalue weighted by Crippen LogP contribution is -2.52. The standard InChI is InChI=1S/C23H21F3N4O5S/c24-14-1-2-16(25)20(10-14)36(34,35)29-7-5-28(6-8-29)19-9-13-12-30(23(33)15(13)11-17(19)26)18-3-4-21(31)27-22(18)32/h1-2,9-11,18H,3-8,12H2,(H,27,31,32). The zero-order valence-corrected chi connectivity index (χ0v) is 19.7. The summed E-state index contributed by atoms with van der Waals surface area (Å²) in [7, 11) is -4.29. The van der Waals surface area contributed by atoms with Crippen molar-refractivity contribution in [3.05, 3.63) is 58.9 Å². The molecule has 1 atom stereocenters. The number of rotatable bonds is 4. The van der Waals surface area contributed by atoms with Crippen LogP contribution in [0, 0.1) is 17.5 Å². The molecule has 3 heterocycles. The quantitative estimate of drug-likeness (QED) is 0.608. The van der Waals surface area contributed by atoms with Crippen LogP contribution in [0.1, 0.15) is 28.8 Å². The van der Waals surface area contributed by atoms with Gasteiger partial charge in [-0.25, -0.2) is 21.6 Å². The highest BCUT2D eigenvalue weighted by Gasteiger charge is 2.40. The van der Waals surface area contributed by atoms with Gasteiger partial charge in [0.1, 0.15) is 28.4 Å². The maximum absolute atomic E-state index is 15.0. The number of hydrogen-bond donors (Lipinski definition) is 1. The largest absolute Gasteiger partial charge is 0.367 e. The van der Waals surface area contributed by atoms with Gasteiger partial charge in [0.05, 0.1) is 5.69 Å². The van der Waals surface area contributed by atoms with E-state index in [0.717, 1.165) is 22.5 Å². The number of amides is 3. The van der Waals surface area contributed by atoms with Gasteiger partial charge in [-0.3, -0.25) is 19.7 Å². The Labute approximate surface area is 204 Å². The van der Waals surface area contributed by atoms with E-state index >= 15 is 4.39 Å². The number of fused-ring (bicyclic) bond motifs is 1. The summed E-state index contributed by atoms with van der Waals surface area (Å²) in [5.74, 6) is -4.10. The van der Waals surface area contributed by atoms with Gasteiger partial charge in [0.15, 0.2) is 0 Å². The molecular formula is C23H21F3N4O5S. The zero-order chi connectivity index (χ0) is 25.8. The molecule has 9 nitrogen and oxygen atoms in total. The first-order valence-electron chi connectivity index (χ1n) is 11.2. The highest BCUT2D eigenvalue weighted by molar-refractivity contribution is 7.89. The molecule has 2 saturated heterocycles. The monoisotopic (exact) mass is 522 g/mol. The number of halogens is 3. The van der Waals surface area contributed by atoms with E-state index in [2.05, 4.69) is 5.32 Å². The molecule has 13 heteroatoms. The number of hydrogen-bond acceptors (Lipinski definition) is 6. The van der Waals surface area contributed by atoms with Crippen LogP contribution in [0.2, 0.25) is 0 Å². The number of imide groups is 1. The molecule has 0 radical (unpaired) electrons. The summed E-state index contributed by atoms with van der Waals surface area (Å²) in [5.41, 5.74) is 0.808. The molecule has 5 rings (SSSR count). The minimum Gasteiger partial charge on any atom is -0.367 e. The third kappa shape index (κ3) is 4.11. The highest BCUT2D eigenvalue weighted by Crippen LogP contribution is 2.33. The van der Waals surface area contributed by atoms with E-state index in [9.17, 15) is 31.6 Å². The van der Waals surface area contributed by atoms with Crippen LogP contribution in [0.25, 0.3) is 0 Å². The molecule has 0 aromatic heterocycles. The van der Waals surface area contributed by atoms with E-state index < -0.39 is 56.1 Å². The number of nitrogens with one attached hydrogen (secondary N) is 1. The van der Waals surface area contributed by atoms with Crippen molar-refractivity contribution in [1.82, 2.24) is 14.5 Å². The van der Waals surface area contributed by atoms with Crippen molar-refractivity contribution in [3.63, 3.8) is 0 Å². The Bertz CT molecular complexity index is 1390. The fourth-order valence-electron chi connectivity index (χ4n) is 4.80. The van der Waals surface area contributed by atoms with Gasteiger partial charge in [0, 0.05) is 44.7 Å². The Balaban J connectivity index is 1.32. The Hall–Kier alpha value is -3.45. The average Bonchev–Trinajstić information content (AvgIpc) is 3.15. The normalized spacial score (nSPS) is 21.1. The summed E-state index contributed by atoms with van der Waals surface area (Å²) in [4.78, 5) is 38.7. The first-order valence-corrected chi connectivity index (χ1v) is 12.7. The molecule has 190 valence electrons. The van der Waals surface area contributed by atoms with Crippen LogP contribution in [0.15, 0.2) is 35.2 Å². The summed E-state index contributed by atoms with van der Waals surface area (Å²) in [5, 5.41) is 2.21. The summed E-state index contributed by atoms with van der Waals surface area (Å²) in [6, 6.07) is 3.98. The van der Waals surface area contributed by atoms with Gasteiger partial charge in [-0.15, -0.1) is 0 Å². The Morgan fingerprint density at radius 3 is 2.33 bits per heavy atom. The first-order chi connectivity index (χ1) is 17.1. The Kier molecular flexibility index (Phi) is 5.99. The van der Waals surface area contributed by atoms with Crippen LogP contribution in [0.4, 0.5) is 18.9 Å². The minimum atomic E-state index is -4.29. The fraction of sp³-hybridized carbons (Fsp3) is 0.348. The van der Waals surface area contributed by atoms with E-state index in [1.54, 1.807) is 4.90 Å². The van der Waals surface area contributed by atoms with Gasteiger partial charge >= 0.3 is 0 Å². The summed E-state index contributed by atoms with van der Waals surface area (Å²) in [6.07, 6.45) is 0.283. The van der Waals surface area contributed by atoms with E-state index in [0.29, 0.717) is 11.6 Å². The number of anilines is 1. The molecule has 2 aromatic rings. The van der Waals surface area contributed by atoms with Gasteiger partial charge in [0.25, 0.3) is 5.91 Å². The van der Waals surface area contributed by atoms with Crippen molar-refractivity contribution in [2.45, 2.75) is 30.3 Å². The van der Waals surface area contributed by atoms with Crippen LogP contribution in [-0.2, 0) is 26.2 Å². The van der Waals surface area contributed by atoms with E-state index in [1.807, 2.05) is 0 Å². The van der Waals surface area contributed by atoms with Crippen LogP contribution < -0.4 is 10.2 Å². The third-order valence-corrected chi connectivity index (χ3v) is 8.59. The number of carbonyl (C=O) groups is 3. The third-order valence-electron chi connectivity index (χ3n) is 6.68. The van der Waals surface area contributed by atoms with Gasteiger partial charge in [-0.1, -0.05) is 0 Å². The molecule has 36 heavy (non-hydrogen) atoms. The predicted octanol–water partition coefficient (Wildman–Crippen LogP) is 1.38. The lowest BCUT2D eigenvalue weighted by molar-refractivity contribution is -0.136. The van der Waals surface area contributed by atoms with Crippen LogP contribution in [0.5, 0.6) is 0 Å². The molecule has 0 aliphatic carbocycles. The second-order valence-corrected chi connectivity index (χ2v) is 10.7. The molecule has 1 unspecified atom stereocenters. The van der Waals surface area contributed by atoms with E-state index in [-0.39, 0.29) is 56.8 Å². The average molecular weight is 523 g/mol. The molecule has 3 amide bonds. The van der Waals surface area contributed by atoms with Crippen molar-refractivity contribution < 1.29 is 36.0 Å². The molecule has 3 aliphatic rings. The molecule has 0 bridgehead atoms. The van der Waals surface area contributed by atoms with Gasteiger partial charge in [0.2, 0.25) is 21.8 Å². The SMILES string of the molecule is O=C1CCC(N2Cc3cc(N4CCN(S(=O)(=O)c5cc(F)ccc5F)CC4)c(F)cc3C2=O)C(=O)N1. The van der Waals surface area contributed by atoms with Crippen LogP contribution in [0.3, 0.4) is 0 Å². The fourth-order valence-corrected chi connectivity index (χ4v) is 6.30. The molecule has 1 N–H and O–H groups in total. The van der Waals surface area contributed by atoms with Gasteiger partial charge in [-0.2, -0.15) is 4.31 Å².